The van der Waals surface area contributed by atoms with Gasteiger partial charge in [-0.15, -0.1) is 0 Å². The van der Waals surface area contributed by atoms with Gasteiger partial charge in [-0.05, 0) is 47.0 Å². The summed E-state index contributed by atoms with van der Waals surface area (Å²) >= 11 is 6.27. The van der Waals surface area contributed by atoms with Crippen molar-refractivity contribution in [3.8, 4) is 0 Å². The van der Waals surface area contributed by atoms with Gasteiger partial charge < -0.3 is 10.2 Å². The highest BCUT2D eigenvalue weighted by Gasteiger charge is 2.27. The lowest BCUT2D eigenvalue weighted by Crippen LogP contribution is -2.37. The van der Waals surface area contributed by atoms with Crippen molar-refractivity contribution >= 4 is 23.0 Å². The quantitative estimate of drug-likeness (QED) is 0.669. The molecule has 0 bridgehead atoms. The van der Waals surface area contributed by atoms with Crippen LogP contribution in [-0.2, 0) is 0 Å². The molecule has 0 saturated heterocycles. The number of nitrogens with one attached hydrogen (secondary N) is 2. The Bertz CT molecular complexity index is 891. The number of benzene rings is 3. The molecule has 4 heteroatoms. The first-order valence-electron chi connectivity index (χ1n) is 8.76. The van der Waals surface area contributed by atoms with Gasteiger partial charge in [0.1, 0.15) is 6.17 Å². The van der Waals surface area contributed by atoms with Crippen molar-refractivity contribution in [2.45, 2.75) is 12.2 Å². The van der Waals surface area contributed by atoms with E-state index in [4.69, 9.17) is 11.6 Å². The number of hydrogen-bond donors (Lipinski definition) is 2. The maximum atomic E-state index is 6.27. The zero-order valence-electron chi connectivity index (χ0n) is 14.9. The van der Waals surface area contributed by atoms with Crippen molar-refractivity contribution in [3.63, 3.8) is 0 Å². The molecule has 0 spiro atoms. The summed E-state index contributed by atoms with van der Waals surface area (Å²) in [6.45, 7) is 0. The highest BCUT2D eigenvalue weighted by atomic mass is 35.5. The molecule has 3 nitrogen and oxygen atoms in total. The molecule has 1 aliphatic rings. The Labute approximate surface area is 159 Å². The summed E-state index contributed by atoms with van der Waals surface area (Å²) in [6.07, 6.45) is 0.0325. The van der Waals surface area contributed by atoms with Crippen LogP contribution < -0.4 is 15.5 Å². The highest BCUT2D eigenvalue weighted by molar-refractivity contribution is 6.30. The molecule has 0 fully saturated rings. The van der Waals surface area contributed by atoms with E-state index in [2.05, 4.69) is 84.2 Å². The van der Waals surface area contributed by atoms with Crippen LogP contribution in [0, 0.1) is 0 Å². The van der Waals surface area contributed by atoms with Gasteiger partial charge in [-0.3, -0.25) is 5.32 Å². The fourth-order valence-corrected chi connectivity index (χ4v) is 3.60. The van der Waals surface area contributed by atoms with Gasteiger partial charge in [-0.25, -0.2) is 0 Å². The molecule has 4 rings (SSSR count). The van der Waals surface area contributed by atoms with E-state index in [1.165, 1.54) is 22.4 Å². The van der Waals surface area contributed by atoms with E-state index in [9.17, 15) is 0 Å². The molecule has 0 aromatic heterocycles. The topological polar surface area (TPSA) is 27.3 Å². The third kappa shape index (κ3) is 3.28. The lowest BCUT2D eigenvalue weighted by atomic mass is 9.93. The maximum absolute atomic E-state index is 6.27. The Morgan fingerprint density at radius 2 is 1.58 bits per heavy atom. The van der Waals surface area contributed by atoms with Crippen molar-refractivity contribution in [2.24, 2.45) is 0 Å². The molecule has 1 aliphatic heterocycles. The second-order valence-corrected chi connectivity index (χ2v) is 7.24. The lowest BCUT2D eigenvalue weighted by Gasteiger charge is -2.35. The SMILES string of the molecule is CN(C)c1ccc([C@@H]2Nc3ccc(Cl)cc3[C@@H](c3ccccc3)N2)cc1. The van der Waals surface area contributed by atoms with Crippen molar-refractivity contribution in [3.05, 3.63) is 94.5 Å². The van der Waals surface area contributed by atoms with Crippen molar-refractivity contribution < 1.29 is 0 Å². The number of nitrogens with zero attached hydrogens (tertiary/aromatic N) is 1. The average Bonchev–Trinajstić information content (AvgIpc) is 2.68. The largest absolute Gasteiger partial charge is 0.378 e. The van der Waals surface area contributed by atoms with E-state index >= 15 is 0 Å². The Hall–Kier alpha value is -2.49. The smallest absolute Gasteiger partial charge is 0.104 e. The second kappa shape index (κ2) is 7.02. The summed E-state index contributed by atoms with van der Waals surface area (Å²) in [5.41, 5.74) is 5.91. The van der Waals surface area contributed by atoms with Crippen LogP contribution in [0.4, 0.5) is 11.4 Å². The summed E-state index contributed by atoms with van der Waals surface area (Å²) in [6, 6.07) is 25.3. The first-order valence-corrected chi connectivity index (χ1v) is 9.14. The van der Waals surface area contributed by atoms with Gasteiger partial charge in [0.25, 0.3) is 0 Å². The zero-order chi connectivity index (χ0) is 18.1. The second-order valence-electron chi connectivity index (χ2n) is 6.81. The third-order valence-corrected chi connectivity index (χ3v) is 5.07. The zero-order valence-corrected chi connectivity index (χ0v) is 15.7. The van der Waals surface area contributed by atoms with Gasteiger partial charge in [-0.1, -0.05) is 54.1 Å². The molecule has 26 heavy (non-hydrogen) atoms. The van der Waals surface area contributed by atoms with Gasteiger partial charge in [0.05, 0.1) is 6.04 Å². The molecule has 132 valence electrons. The molecule has 1 heterocycles. The first-order chi connectivity index (χ1) is 12.6. The normalized spacial score (nSPS) is 18.7. The summed E-state index contributed by atoms with van der Waals surface area (Å²) in [5.74, 6) is 0. The Morgan fingerprint density at radius 3 is 2.27 bits per heavy atom. The van der Waals surface area contributed by atoms with Crippen LogP contribution in [-0.4, -0.2) is 14.1 Å². The van der Waals surface area contributed by atoms with Crippen molar-refractivity contribution in [1.82, 2.24) is 5.32 Å². The molecule has 0 unspecified atom stereocenters. The molecule has 3 aromatic rings. The predicted molar refractivity (Wildman–Crippen MR) is 110 cm³/mol. The average molecular weight is 364 g/mol. The Balaban J connectivity index is 1.72. The minimum Gasteiger partial charge on any atom is -0.378 e. The van der Waals surface area contributed by atoms with E-state index in [1.807, 2.05) is 18.2 Å². The van der Waals surface area contributed by atoms with Gasteiger partial charge in [0, 0.05) is 30.5 Å². The standard InChI is InChI=1S/C22H22ClN3/c1-26(2)18-11-8-16(9-12-18)22-24-20-13-10-17(23)14-19(20)21(25-22)15-6-4-3-5-7-15/h3-14,21-22,24-25H,1-2H3/t21-,22-/m1/s1. The molecule has 2 atom stereocenters. The highest BCUT2D eigenvalue weighted by Crippen LogP contribution is 2.38. The lowest BCUT2D eigenvalue weighted by molar-refractivity contribution is 0.506. The predicted octanol–water partition coefficient (Wildman–Crippen LogP) is 5.21. The van der Waals surface area contributed by atoms with E-state index < -0.39 is 0 Å². The van der Waals surface area contributed by atoms with E-state index in [-0.39, 0.29) is 12.2 Å². The first kappa shape index (κ1) is 17.0. The van der Waals surface area contributed by atoms with E-state index in [0.29, 0.717) is 0 Å². The molecular formula is C22H22ClN3. The monoisotopic (exact) mass is 363 g/mol. The molecular weight excluding hydrogens is 342 g/mol. The molecule has 0 aliphatic carbocycles. The fourth-order valence-electron chi connectivity index (χ4n) is 3.42. The molecule has 0 radical (unpaired) electrons. The number of fused-ring (bicyclic) bond motifs is 1. The molecule has 0 amide bonds. The summed E-state index contributed by atoms with van der Waals surface area (Å²) in [7, 11) is 4.11. The molecule has 2 N–H and O–H groups in total. The third-order valence-electron chi connectivity index (χ3n) is 4.83. The van der Waals surface area contributed by atoms with Crippen LogP contribution in [0.15, 0.2) is 72.8 Å². The number of anilines is 2. The van der Waals surface area contributed by atoms with Crippen molar-refractivity contribution in [1.29, 1.82) is 0 Å². The van der Waals surface area contributed by atoms with Crippen LogP contribution in [0.5, 0.6) is 0 Å². The summed E-state index contributed by atoms with van der Waals surface area (Å²) < 4.78 is 0. The summed E-state index contributed by atoms with van der Waals surface area (Å²) in [5, 5.41) is 8.09. The minimum atomic E-state index is 0.0325. The van der Waals surface area contributed by atoms with Crippen LogP contribution in [0.3, 0.4) is 0 Å². The summed E-state index contributed by atoms with van der Waals surface area (Å²) in [4.78, 5) is 2.11. The Kier molecular flexibility index (Phi) is 4.58. The van der Waals surface area contributed by atoms with E-state index in [1.54, 1.807) is 0 Å². The Morgan fingerprint density at radius 1 is 0.846 bits per heavy atom. The van der Waals surface area contributed by atoms with Crippen LogP contribution in [0.2, 0.25) is 5.02 Å². The molecule has 3 aromatic carbocycles. The van der Waals surface area contributed by atoms with Crippen LogP contribution in [0.25, 0.3) is 0 Å². The van der Waals surface area contributed by atoms with E-state index in [0.717, 1.165) is 10.7 Å². The van der Waals surface area contributed by atoms with Gasteiger partial charge >= 0.3 is 0 Å². The number of halogens is 1. The fraction of sp³-hybridized carbons (Fsp3) is 0.182. The van der Waals surface area contributed by atoms with Crippen molar-refractivity contribution in [2.75, 3.05) is 24.3 Å². The van der Waals surface area contributed by atoms with Gasteiger partial charge in [-0.2, -0.15) is 0 Å². The van der Waals surface area contributed by atoms with Crippen LogP contribution >= 0.6 is 11.6 Å². The number of hydrogen-bond acceptors (Lipinski definition) is 3. The van der Waals surface area contributed by atoms with Gasteiger partial charge in [0.2, 0.25) is 0 Å². The maximum Gasteiger partial charge on any atom is 0.104 e. The molecule has 0 saturated carbocycles. The van der Waals surface area contributed by atoms with Gasteiger partial charge in [0.15, 0.2) is 0 Å². The van der Waals surface area contributed by atoms with Crippen LogP contribution in [0.1, 0.15) is 28.9 Å². The minimum absolute atomic E-state index is 0.0325. The number of rotatable bonds is 3.